The Morgan fingerprint density at radius 1 is 1.07 bits per heavy atom. The molecular formula is C22H29NO4. The second kappa shape index (κ2) is 10.5. The number of amides is 1. The minimum Gasteiger partial charge on any atom is -0.508 e. The van der Waals surface area contributed by atoms with Gasteiger partial charge in [-0.2, -0.15) is 0 Å². The van der Waals surface area contributed by atoms with Gasteiger partial charge in [-0.15, -0.1) is 0 Å². The highest BCUT2D eigenvalue weighted by Gasteiger charge is 2.17. The van der Waals surface area contributed by atoms with Crippen molar-refractivity contribution >= 4 is 5.91 Å². The highest BCUT2D eigenvalue weighted by molar-refractivity contribution is 5.76. The molecule has 0 bridgehead atoms. The summed E-state index contributed by atoms with van der Waals surface area (Å²) in [4.78, 5) is 14.7. The number of phenols is 1. The van der Waals surface area contributed by atoms with Crippen LogP contribution in [0.3, 0.4) is 0 Å². The summed E-state index contributed by atoms with van der Waals surface area (Å²) in [6.45, 7) is 3.32. The fourth-order valence-corrected chi connectivity index (χ4v) is 3.00. The number of hydrogen-bond donors (Lipinski definition) is 1. The molecule has 0 radical (unpaired) electrons. The number of para-hydroxylation sites is 1. The van der Waals surface area contributed by atoms with Crippen LogP contribution < -0.4 is 9.47 Å². The van der Waals surface area contributed by atoms with Crippen molar-refractivity contribution in [3.8, 4) is 17.2 Å². The van der Waals surface area contributed by atoms with Crippen molar-refractivity contribution in [1.29, 1.82) is 0 Å². The Morgan fingerprint density at radius 2 is 1.81 bits per heavy atom. The van der Waals surface area contributed by atoms with Crippen molar-refractivity contribution in [1.82, 2.24) is 4.90 Å². The fraction of sp³-hybridized carbons (Fsp3) is 0.409. The summed E-state index contributed by atoms with van der Waals surface area (Å²) >= 11 is 0. The van der Waals surface area contributed by atoms with E-state index in [1.165, 1.54) is 0 Å². The van der Waals surface area contributed by atoms with Gasteiger partial charge in [0, 0.05) is 25.1 Å². The van der Waals surface area contributed by atoms with Gasteiger partial charge >= 0.3 is 0 Å². The lowest BCUT2D eigenvalue weighted by Crippen LogP contribution is -2.31. The number of aromatic hydroxyl groups is 1. The third kappa shape index (κ3) is 5.91. The van der Waals surface area contributed by atoms with Gasteiger partial charge in [-0.3, -0.25) is 4.79 Å². The molecule has 0 saturated heterocycles. The quantitative estimate of drug-likeness (QED) is 0.681. The van der Waals surface area contributed by atoms with E-state index in [9.17, 15) is 9.90 Å². The number of unbranched alkanes of at least 4 members (excludes halogenated alkanes) is 1. The molecule has 0 spiro atoms. The van der Waals surface area contributed by atoms with Gasteiger partial charge in [-0.25, -0.2) is 0 Å². The molecular weight excluding hydrogens is 342 g/mol. The maximum atomic E-state index is 12.9. The Hall–Kier alpha value is -2.69. The van der Waals surface area contributed by atoms with Crippen LogP contribution in [0.5, 0.6) is 17.2 Å². The van der Waals surface area contributed by atoms with Crippen LogP contribution in [-0.2, 0) is 17.8 Å². The van der Waals surface area contributed by atoms with Crippen molar-refractivity contribution in [2.45, 2.75) is 39.2 Å². The first kappa shape index (κ1) is 20.6. The molecule has 146 valence electrons. The lowest BCUT2D eigenvalue weighted by Gasteiger charge is -2.24. The van der Waals surface area contributed by atoms with Gasteiger partial charge in [0.25, 0.3) is 0 Å². The molecule has 1 N–H and O–H groups in total. The highest BCUT2D eigenvalue weighted by Crippen LogP contribution is 2.31. The molecule has 27 heavy (non-hydrogen) atoms. The summed E-state index contributed by atoms with van der Waals surface area (Å²) in [6.07, 6.45) is 3.06. The summed E-state index contributed by atoms with van der Waals surface area (Å²) in [5, 5.41) is 9.38. The molecule has 0 aliphatic carbocycles. The van der Waals surface area contributed by atoms with Gasteiger partial charge in [0.2, 0.25) is 5.91 Å². The number of nitrogens with zero attached hydrogens (tertiary/aromatic N) is 1. The van der Waals surface area contributed by atoms with Crippen molar-refractivity contribution in [3.63, 3.8) is 0 Å². The van der Waals surface area contributed by atoms with Crippen LogP contribution in [0.15, 0.2) is 42.5 Å². The number of ether oxygens (including phenoxy) is 2. The fourth-order valence-electron chi connectivity index (χ4n) is 3.00. The predicted octanol–water partition coefficient (Wildman–Crippen LogP) is 4.17. The molecule has 1 amide bonds. The summed E-state index contributed by atoms with van der Waals surface area (Å²) in [6, 6.07) is 12.7. The standard InChI is InChI=1S/C22H29NO4/c1-4-5-15-23(16-18-7-6-8-20(26-2)22(18)27-3)21(25)14-11-17-9-12-19(24)13-10-17/h6-10,12-13,24H,4-5,11,14-16H2,1-3H3. The number of rotatable bonds is 10. The maximum Gasteiger partial charge on any atom is 0.223 e. The number of phenolic OH excluding ortho intramolecular Hbond substituents is 1. The van der Waals surface area contributed by atoms with Gasteiger partial charge < -0.3 is 19.5 Å². The van der Waals surface area contributed by atoms with E-state index >= 15 is 0 Å². The number of benzene rings is 2. The first-order valence-electron chi connectivity index (χ1n) is 9.34. The normalized spacial score (nSPS) is 10.5. The van der Waals surface area contributed by atoms with E-state index in [1.54, 1.807) is 26.4 Å². The van der Waals surface area contributed by atoms with Crippen LogP contribution in [0.25, 0.3) is 0 Å². The topological polar surface area (TPSA) is 59.0 Å². The molecule has 5 nitrogen and oxygen atoms in total. The number of carbonyl (C=O) groups excluding carboxylic acids is 1. The van der Waals surface area contributed by atoms with Crippen LogP contribution in [0.2, 0.25) is 0 Å². The summed E-state index contributed by atoms with van der Waals surface area (Å²) in [7, 11) is 3.23. The van der Waals surface area contributed by atoms with Crippen LogP contribution in [-0.4, -0.2) is 36.7 Å². The van der Waals surface area contributed by atoms with Crippen LogP contribution >= 0.6 is 0 Å². The highest BCUT2D eigenvalue weighted by atomic mass is 16.5. The number of carbonyl (C=O) groups is 1. The maximum absolute atomic E-state index is 12.9. The second-order valence-corrected chi connectivity index (χ2v) is 6.49. The molecule has 0 atom stereocenters. The summed E-state index contributed by atoms with van der Waals surface area (Å²) in [5.74, 6) is 1.69. The lowest BCUT2D eigenvalue weighted by atomic mass is 10.1. The van der Waals surface area contributed by atoms with Gasteiger partial charge in [0.05, 0.1) is 14.2 Å². The van der Waals surface area contributed by atoms with Crippen molar-refractivity contribution in [3.05, 3.63) is 53.6 Å². The van der Waals surface area contributed by atoms with Crippen molar-refractivity contribution in [2.24, 2.45) is 0 Å². The van der Waals surface area contributed by atoms with E-state index in [-0.39, 0.29) is 11.7 Å². The Bertz CT molecular complexity index is 728. The third-order valence-corrected chi connectivity index (χ3v) is 4.54. The number of aryl methyl sites for hydroxylation is 1. The Kier molecular flexibility index (Phi) is 7.99. The molecule has 2 aromatic rings. The predicted molar refractivity (Wildman–Crippen MR) is 106 cm³/mol. The SMILES string of the molecule is CCCCN(Cc1cccc(OC)c1OC)C(=O)CCc1ccc(O)cc1. The Labute approximate surface area is 161 Å². The average molecular weight is 371 g/mol. The zero-order chi connectivity index (χ0) is 19.6. The second-order valence-electron chi connectivity index (χ2n) is 6.49. The smallest absolute Gasteiger partial charge is 0.223 e. The van der Waals surface area contributed by atoms with E-state index in [2.05, 4.69) is 6.92 Å². The molecule has 0 heterocycles. The number of methoxy groups -OCH3 is 2. The molecule has 2 aromatic carbocycles. The van der Waals surface area contributed by atoms with Gasteiger partial charge in [-0.05, 0) is 36.6 Å². The molecule has 0 saturated carbocycles. The van der Waals surface area contributed by atoms with Crippen LogP contribution in [0.1, 0.15) is 37.3 Å². The third-order valence-electron chi connectivity index (χ3n) is 4.54. The molecule has 0 aliphatic heterocycles. The molecule has 2 rings (SSSR count). The van der Waals surface area contributed by atoms with Crippen molar-refractivity contribution < 1.29 is 19.4 Å². The Balaban J connectivity index is 2.09. The lowest BCUT2D eigenvalue weighted by molar-refractivity contribution is -0.131. The van der Waals surface area contributed by atoms with Gasteiger partial charge in [-0.1, -0.05) is 37.6 Å². The minimum absolute atomic E-state index is 0.112. The van der Waals surface area contributed by atoms with Crippen LogP contribution in [0, 0.1) is 0 Å². The van der Waals surface area contributed by atoms with E-state index in [0.29, 0.717) is 37.4 Å². The zero-order valence-electron chi connectivity index (χ0n) is 16.4. The zero-order valence-corrected chi connectivity index (χ0v) is 16.4. The number of hydrogen-bond acceptors (Lipinski definition) is 4. The van der Waals surface area contributed by atoms with Crippen molar-refractivity contribution in [2.75, 3.05) is 20.8 Å². The molecule has 0 aromatic heterocycles. The van der Waals surface area contributed by atoms with E-state index < -0.39 is 0 Å². The van der Waals surface area contributed by atoms with E-state index in [4.69, 9.17) is 9.47 Å². The molecule has 0 aliphatic rings. The molecule has 5 heteroatoms. The van der Waals surface area contributed by atoms with E-state index in [1.807, 2.05) is 35.2 Å². The monoisotopic (exact) mass is 371 g/mol. The first-order chi connectivity index (χ1) is 13.1. The first-order valence-corrected chi connectivity index (χ1v) is 9.34. The van der Waals surface area contributed by atoms with Gasteiger partial charge in [0.1, 0.15) is 5.75 Å². The van der Waals surface area contributed by atoms with E-state index in [0.717, 1.165) is 24.0 Å². The largest absolute Gasteiger partial charge is 0.508 e. The average Bonchev–Trinajstić information content (AvgIpc) is 2.70. The summed E-state index contributed by atoms with van der Waals surface area (Å²) in [5.41, 5.74) is 1.97. The Morgan fingerprint density at radius 3 is 2.44 bits per heavy atom. The van der Waals surface area contributed by atoms with Crippen LogP contribution in [0.4, 0.5) is 0 Å². The molecule has 0 unspecified atom stereocenters. The summed E-state index contributed by atoms with van der Waals surface area (Å²) < 4.78 is 10.9. The molecule has 0 fully saturated rings. The van der Waals surface area contributed by atoms with Gasteiger partial charge in [0.15, 0.2) is 11.5 Å². The minimum atomic E-state index is 0.112.